The lowest BCUT2D eigenvalue weighted by Crippen LogP contribution is -2.15. The summed E-state index contributed by atoms with van der Waals surface area (Å²) in [6.45, 7) is 4.87. The van der Waals surface area contributed by atoms with Crippen LogP contribution >= 0.6 is 11.6 Å². The van der Waals surface area contributed by atoms with Crippen molar-refractivity contribution in [3.63, 3.8) is 0 Å². The maximum atomic E-state index is 13.1. The van der Waals surface area contributed by atoms with Crippen molar-refractivity contribution >= 4 is 28.6 Å². The maximum absolute atomic E-state index is 13.1. The molecule has 1 saturated carbocycles. The van der Waals surface area contributed by atoms with Gasteiger partial charge in [-0.05, 0) is 44.4 Å². The van der Waals surface area contributed by atoms with E-state index >= 15 is 0 Å². The van der Waals surface area contributed by atoms with Gasteiger partial charge in [-0.2, -0.15) is 5.10 Å². The number of carbonyl (C=O) groups is 1. The summed E-state index contributed by atoms with van der Waals surface area (Å²) in [6, 6.07) is 3.64. The van der Waals surface area contributed by atoms with Crippen LogP contribution in [0.3, 0.4) is 0 Å². The smallest absolute Gasteiger partial charge is 0.340 e. The van der Waals surface area contributed by atoms with Gasteiger partial charge in [0.05, 0.1) is 24.1 Å². The summed E-state index contributed by atoms with van der Waals surface area (Å²) in [5, 5.41) is 5.70. The first-order valence-electron chi connectivity index (χ1n) is 9.82. The van der Waals surface area contributed by atoms with E-state index in [1.165, 1.54) is 0 Å². The molecule has 0 amide bonds. The van der Waals surface area contributed by atoms with E-state index in [1.807, 2.05) is 24.6 Å². The zero-order valence-electron chi connectivity index (χ0n) is 16.1. The summed E-state index contributed by atoms with van der Waals surface area (Å²) < 4.78 is 7.32. The first-order valence-corrected chi connectivity index (χ1v) is 10.2. The molecule has 7 heteroatoms. The van der Waals surface area contributed by atoms with Gasteiger partial charge in [0.2, 0.25) is 0 Å². The molecule has 0 saturated heterocycles. The summed E-state index contributed by atoms with van der Waals surface area (Å²) in [4.78, 5) is 22.1. The Balaban J connectivity index is 2.08. The van der Waals surface area contributed by atoms with Crippen LogP contribution in [-0.2, 0) is 11.3 Å². The van der Waals surface area contributed by atoms with Gasteiger partial charge in [0.25, 0.3) is 0 Å². The lowest BCUT2D eigenvalue weighted by Gasteiger charge is -2.19. The van der Waals surface area contributed by atoms with E-state index in [9.17, 15) is 4.79 Å². The minimum absolute atomic E-state index is 0.250. The summed E-state index contributed by atoms with van der Waals surface area (Å²) >= 11 is 6.17. The molecule has 0 atom stereocenters. The van der Waals surface area contributed by atoms with E-state index in [4.69, 9.17) is 21.3 Å². The molecular weight excluding hydrogens is 376 g/mol. The predicted molar refractivity (Wildman–Crippen MR) is 109 cm³/mol. The highest BCUT2D eigenvalue weighted by Gasteiger charge is 2.30. The average Bonchev–Trinajstić information content (AvgIpc) is 3.36. The first-order chi connectivity index (χ1) is 13.6. The highest BCUT2D eigenvalue weighted by Crippen LogP contribution is 2.41. The Labute approximate surface area is 168 Å². The number of hydrogen-bond donors (Lipinski definition) is 0. The Hall–Kier alpha value is -2.47. The molecule has 0 aliphatic heterocycles. The van der Waals surface area contributed by atoms with Crippen LogP contribution in [0.5, 0.6) is 0 Å². The monoisotopic (exact) mass is 398 g/mol. The number of fused-ring (bicyclic) bond motifs is 1. The van der Waals surface area contributed by atoms with Gasteiger partial charge in [-0.3, -0.25) is 0 Å². The van der Waals surface area contributed by atoms with Gasteiger partial charge in [0, 0.05) is 29.6 Å². The Bertz CT molecular complexity index is 1020. The van der Waals surface area contributed by atoms with E-state index in [0.29, 0.717) is 23.9 Å². The number of esters is 1. The molecule has 4 rings (SSSR count). The number of nitrogens with zero attached hydrogens (tertiary/aromatic N) is 4. The molecule has 28 heavy (non-hydrogen) atoms. The molecule has 3 aromatic rings. The zero-order chi connectivity index (χ0) is 19.7. The van der Waals surface area contributed by atoms with Crippen molar-refractivity contribution in [1.82, 2.24) is 19.7 Å². The zero-order valence-corrected chi connectivity index (χ0v) is 16.9. The SMILES string of the molecule is CCOC(=O)c1c(C2CCCC2)nc2c(cnn2CC)c1-c1ccnc(Cl)c1. The molecule has 0 N–H and O–H groups in total. The fourth-order valence-electron chi connectivity index (χ4n) is 4.10. The average molecular weight is 399 g/mol. The summed E-state index contributed by atoms with van der Waals surface area (Å²) in [5.74, 6) is -0.0916. The van der Waals surface area contributed by atoms with Crippen LogP contribution in [-0.4, -0.2) is 32.3 Å². The minimum atomic E-state index is -0.342. The van der Waals surface area contributed by atoms with Gasteiger partial charge in [-0.25, -0.2) is 19.4 Å². The van der Waals surface area contributed by atoms with E-state index in [2.05, 4.69) is 10.1 Å². The second kappa shape index (κ2) is 7.87. The molecule has 0 bridgehead atoms. The van der Waals surface area contributed by atoms with Crippen molar-refractivity contribution in [3.05, 3.63) is 40.9 Å². The van der Waals surface area contributed by atoms with E-state index in [0.717, 1.165) is 53.5 Å². The number of hydrogen-bond acceptors (Lipinski definition) is 5. The van der Waals surface area contributed by atoms with Crippen LogP contribution in [0, 0.1) is 0 Å². The number of rotatable bonds is 5. The lowest BCUT2D eigenvalue weighted by molar-refractivity contribution is 0.0525. The summed E-state index contributed by atoms with van der Waals surface area (Å²) in [5.41, 5.74) is 3.76. The van der Waals surface area contributed by atoms with Crippen molar-refractivity contribution in [2.45, 2.75) is 52.0 Å². The number of aromatic nitrogens is 4. The van der Waals surface area contributed by atoms with Crippen LogP contribution in [0.2, 0.25) is 5.15 Å². The molecule has 0 unspecified atom stereocenters. The lowest BCUT2D eigenvalue weighted by atomic mass is 9.91. The normalized spacial score (nSPS) is 14.7. The number of ether oxygens (including phenoxy) is 1. The van der Waals surface area contributed by atoms with Gasteiger partial charge in [0.1, 0.15) is 5.15 Å². The van der Waals surface area contributed by atoms with Crippen molar-refractivity contribution in [2.24, 2.45) is 0 Å². The highest BCUT2D eigenvalue weighted by atomic mass is 35.5. The van der Waals surface area contributed by atoms with Gasteiger partial charge in [-0.1, -0.05) is 24.4 Å². The van der Waals surface area contributed by atoms with Crippen LogP contribution in [0.1, 0.15) is 61.5 Å². The van der Waals surface area contributed by atoms with Crippen LogP contribution in [0.4, 0.5) is 0 Å². The molecule has 0 aromatic carbocycles. The molecule has 0 radical (unpaired) electrons. The van der Waals surface area contributed by atoms with E-state index in [1.54, 1.807) is 18.5 Å². The Morgan fingerprint density at radius 2 is 2.11 bits per heavy atom. The molecular formula is C21H23ClN4O2. The molecule has 3 aromatic heterocycles. The number of aryl methyl sites for hydroxylation is 1. The second-order valence-corrected chi connectivity index (χ2v) is 7.40. The fourth-order valence-corrected chi connectivity index (χ4v) is 4.27. The number of halogens is 1. The van der Waals surface area contributed by atoms with Crippen molar-refractivity contribution < 1.29 is 9.53 Å². The Morgan fingerprint density at radius 1 is 1.32 bits per heavy atom. The maximum Gasteiger partial charge on any atom is 0.340 e. The quantitative estimate of drug-likeness (QED) is 0.446. The third kappa shape index (κ3) is 3.26. The van der Waals surface area contributed by atoms with Crippen molar-refractivity contribution in [1.29, 1.82) is 0 Å². The molecule has 1 aliphatic carbocycles. The van der Waals surface area contributed by atoms with Gasteiger partial charge >= 0.3 is 5.97 Å². The third-order valence-corrected chi connectivity index (χ3v) is 5.56. The van der Waals surface area contributed by atoms with E-state index < -0.39 is 0 Å². The predicted octanol–water partition coefficient (Wildman–Crippen LogP) is 5.00. The van der Waals surface area contributed by atoms with Crippen molar-refractivity contribution in [3.8, 4) is 11.1 Å². The second-order valence-electron chi connectivity index (χ2n) is 7.01. The third-order valence-electron chi connectivity index (χ3n) is 5.35. The van der Waals surface area contributed by atoms with Gasteiger partial charge in [0.15, 0.2) is 5.65 Å². The Morgan fingerprint density at radius 3 is 2.79 bits per heavy atom. The van der Waals surface area contributed by atoms with E-state index in [-0.39, 0.29) is 11.9 Å². The van der Waals surface area contributed by atoms with Crippen LogP contribution < -0.4 is 0 Å². The topological polar surface area (TPSA) is 69.9 Å². The largest absolute Gasteiger partial charge is 0.462 e. The molecule has 0 spiro atoms. The van der Waals surface area contributed by atoms with Crippen LogP contribution in [0.25, 0.3) is 22.2 Å². The first kappa shape index (κ1) is 18.9. The number of carbonyl (C=O) groups excluding carboxylic acids is 1. The molecule has 6 nitrogen and oxygen atoms in total. The van der Waals surface area contributed by atoms with Crippen molar-refractivity contribution in [2.75, 3.05) is 6.61 Å². The highest BCUT2D eigenvalue weighted by molar-refractivity contribution is 6.29. The standard InChI is InChI=1S/C21H23ClN4O2/c1-3-26-20-15(12-24-26)17(14-9-10-23-16(22)11-14)18(21(27)28-4-2)19(25-20)13-7-5-6-8-13/h9-13H,3-8H2,1-2H3. The minimum Gasteiger partial charge on any atom is -0.462 e. The Kier molecular flexibility index (Phi) is 5.31. The summed E-state index contributed by atoms with van der Waals surface area (Å²) in [6.07, 6.45) is 7.78. The van der Waals surface area contributed by atoms with Gasteiger partial charge in [-0.15, -0.1) is 0 Å². The molecule has 3 heterocycles. The molecule has 1 aliphatic rings. The van der Waals surface area contributed by atoms with Gasteiger partial charge < -0.3 is 4.74 Å². The molecule has 146 valence electrons. The number of pyridine rings is 2. The molecule has 1 fully saturated rings. The van der Waals surface area contributed by atoms with Crippen LogP contribution in [0.15, 0.2) is 24.5 Å². The summed E-state index contributed by atoms with van der Waals surface area (Å²) in [7, 11) is 0. The fraction of sp³-hybridized carbons (Fsp3) is 0.429.